The smallest absolute Gasteiger partial charge is 0.295 e. The van der Waals surface area contributed by atoms with Crippen molar-refractivity contribution in [1.82, 2.24) is 0 Å². The van der Waals surface area contributed by atoms with E-state index in [2.05, 4.69) is 0 Å². The van der Waals surface area contributed by atoms with Gasteiger partial charge in [0.2, 0.25) is 0 Å². The minimum Gasteiger partial charge on any atom is -0.310 e. The van der Waals surface area contributed by atoms with Gasteiger partial charge in [0.25, 0.3) is 20.2 Å². The van der Waals surface area contributed by atoms with Gasteiger partial charge in [-0.25, -0.2) is 0 Å². The number of anilines is 3. The summed E-state index contributed by atoms with van der Waals surface area (Å²) < 4.78 is 67.8. The highest BCUT2D eigenvalue weighted by atomic mass is 32.2. The first-order valence-electron chi connectivity index (χ1n) is 9.08. The van der Waals surface area contributed by atoms with Gasteiger partial charge in [-0.1, -0.05) is 48.5 Å². The molecule has 0 aliphatic rings. The van der Waals surface area contributed by atoms with E-state index in [1.807, 2.05) is 12.1 Å². The van der Waals surface area contributed by atoms with E-state index >= 15 is 0 Å². The van der Waals surface area contributed by atoms with Crippen molar-refractivity contribution >= 4 is 48.1 Å². The van der Waals surface area contributed by atoms with Gasteiger partial charge < -0.3 is 4.90 Å². The molecule has 4 rings (SSSR count). The largest absolute Gasteiger partial charge is 0.310 e. The number of para-hydroxylation sites is 2. The molecular formula is C22H17NO6S2. The minimum absolute atomic E-state index is 0.116. The Morgan fingerprint density at radius 2 is 1.16 bits per heavy atom. The molecule has 31 heavy (non-hydrogen) atoms. The predicted molar refractivity (Wildman–Crippen MR) is 118 cm³/mol. The monoisotopic (exact) mass is 455 g/mol. The van der Waals surface area contributed by atoms with Crippen molar-refractivity contribution in [3.8, 4) is 0 Å². The molecule has 0 saturated carbocycles. The zero-order valence-electron chi connectivity index (χ0n) is 16.0. The Morgan fingerprint density at radius 3 is 1.65 bits per heavy atom. The summed E-state index contributed by atoms with van der Waals surface area (Å²) in [4.78, 5) is 0.879. The standard InChI is InChI=1S/C22H17NO6S2/c24-30(25,26)19-14-16-8-7-13-21(31(27,28)29)22(16)20(15-19)23(17-9-3-1-4-10-17)18-11-5-2-6-12-18/h1-15H,(H,24,25,26)(H,27,28,29). The lowest BCUT2D eigenvalue weighted by Gasteiger charge is -2.27. The number of nitrogens with zero attached hydrogens (tertiary/aromatic N) is 1. The lowest BCUT2D eigenvalue weighted by Crippen LogP contribution is -2.13. The van der Waals surface area contributed by atoms with Gasteiger partial charge in [-0.15, -0.1) is 0 Å². The number of benzene rings is 4. The van der Waals surface area contributed by atoms with Gasteiger partial charge in [0.15, 0.2) is 0 Å². The SMILES string of the molecule is O=S(=O)(O)c1cc(N(c2ccccc2)c2ccccc2)c2c(S(=O)(=O)O)cccc2c1. The van der Waals surface area contributed by atoms with Gasteiger partial charge in [-0.05, 0) is 47.9 Å². The first-order chi connectivity index (χ1) is 14.7. The third kappa shape index (κ3) is 4.17. The van der Waals surface area contributed by atoms with Crippen LogP contribution in [0.2, 0.25) is 0 Å². The molecular weight excluding hydrogens is 438 g/mol. The van der Waals surface area contributed by atoms with Crippen LogP contribution in [-0.2, 0) is 20.2 Å². The van der Waals surface area contributed by atoms with E-state index < -0.39 is 25.1 Å². The van der Waals surface area contributed by atoms with E-state index in [1.54, 1.807) is 53.4 Å². The van der Waals surface area contributed by atoms with Crippen molar-refractivity contribution in [2.45, 2.75) is 9.79 Å². The first-order valence-corrected chi connectivity index (χ1v) is 12.0. The van der Waals surface area contributed by atoms with Crippen LogP contribution in [0.25, 0.3) is 10.8 Å². The average molecular weight is 456 g/mol. The van der Waals surface area contributed by atoms with Crippen LogP contribution in [0.5, 0.6) is 0 Å². The summed E-state index contributed by atoms with van der Waals surface area (Å²) >= 11 is 0. The number of hydrogen-bond acceptors (Lipinski definition) is 5. The fourth-order valence-corrected chi connectivity index (χ4v) is 4.73. The molecule has 0 unspecified atom stereocenters. The summed E-state index contributed by atoms with van der Waals surface area (Å²) in [5.41, 5.74) is 1.40. The van der Waals surface area contributed by atoms with E-state index in [1.165, 1.54) is 24.3 Å². The highest BCUT2D eigenvalue weighted by Crippen LogP contribution is 2.42. The van der Waals surface area contributed by atoms with Crippen LogP contribution in [0.1, 0.15) is 0 Å². The molecule has 2 N–H and O–H groups in total. The topological polar surface area (TPSA) is 112 Å². The van der Waals surface area contributed by atoms with Gasteiger partial charge in [0, 0.05) is 16.8 Å². The van der Waals surface area contributed by atoms with Crippen molar-refractivity contribution in [2.75, 3.05) is 4.90 Å². The molecule has 0 aliphatic heterocycles. The third-order valence-electron chi connectivity index (χ3n) is 4.74. The van der Waals surface area contributed by atoms with Crippen LogP contribution in [0.3, 0.4) is 0 Å². The van der Waals surface area contributed by atoms with Gasteiger partial charge >= 0.3 is 0 Å². The van der Waals surface area contributed by atoms with Crippen LogP contribution < -0.4 is 4.90 Å². The summed E-state index contributed by atoms with van der Waals surface area (Å²) in [6, 6.07) is 24.3. The third-order valence-corrected chi connectivity index (χ3v) is 6.46. The van der Waals surface area contributed by atoms with Gasteiger partial charge in [0.05, 0.1) is 10.6 Å². The predicted octanol–water partition coefficient (Wildman–Crippen LogP) is 4.80. The molecule has 0 spiro atoms. The summed E-state index contributed by atoms with van der Waals surface area (Å²) in [5.74, 6) is 0. The molecule has 4 aromatic carbocycles. The Kier molecular flexibility index (Phi) is 5.28. The maximum atomic E-state index is 12.1. The highest BCUT2D eigenvalue weighted by molar-refractivity contribution is 7.86. The van der Waals surface area contributed by atoms with Crippen LogP contribution in [0, 0.1) is 0 Å². The Balaban J connectivity index is 2.20. The molecule has 0 heterocycles. The summed E-state index contributed by atoms with van der Waals surface area (Å²) in [6.45, 7) is 0. The zero-order valence-corrected chi connectivity index (χ0v) is 17.6. The maximum absolute atomic E-state index is 12.1. The molecule has 158 valence electrons. The second-order valence-corrected chi connectivity index (χ2v) is 9.56. The Labute approximate surface area is 179 Å². The van der Waals surface area contributed by atoms with E-state index in [0.29, 0.717) is 11.4 Å². The number of fused-ring (bicyclic) bond motifs is 1. The number of hydrogen-bond donors (Lipinski definition) is 2. The van der Waals surface area contributed by atoms with E-state index in [-0.39, 0.29) is 21.4 Å². The first kappa shape index (κ1) is 21.0. The molecule has 0 bridgehead atoms. The fraction of sp³-hybridized carbons (Fsp3) is 0. The summed E-state index contributed by atoms with van der Waals surface area (Å²) in [5, 5.41) is 0.335. The quantitative estimate of drug-likeness (QED) is 0.416. The van der Waals surface area contributed by atoms with Crippen LogP contribution in [0.4, 0.5) is 17.1 Å². The van der Waals surface area contributed by atoms with Crippen molar-refractivity contribution in [3.05, 3.63) is 91.0 Å². The number of rotatable bonds is 5. The highest BCUT2D eigenvalue weighted by Gasteiger charge is 2.24. The van der Waals surface area contributed by atoms with Crippen molar-refractivity contribution in [1.29, 1.82) is 0 Å². The normalized spacial score (nSPS) is 12.1. The van der Waals surface area contributed by atoms with E-state index in [4.69, 9.17) is 0 Å². The average Bonchev–Trinajstić information content (AvgIpc) is 2.73. The Morgan fingerprint density at radius 1 is 0.613 bits per heavy atom. The molecule has 0 aromatic heterocycles. The molecule has 0 radical (unpaired) electrons. The van der Waals surface area contributed by atoms with Gasteiger partial charge in [0.1, 0.15) is 4.90 Å². The maximum Gasteiger partial charge on any atom is 0.295 e. The second-order valence-electron chi connectivity index (χ2n) is 6.75. The molecule has 7 nitrogen and oxygen atoms in total. The molecule has 0 fully saturated rings. The molecule has 0 amide bonds. The second kappa shape index (κ2) is 7.78. The van der Waals surface area contributed by atoms with Crippen LogP contribution >= 0.6 is 0 Å². The van der Waals surface area contributed by atoms with Crippen LogP contribution in [-0.4, -0.2) is 25.9 Å². The summed E-state index contributed by atoms with van der Waals surface area (Å²) in [6.07, 6.45) is 0. The van der Waals surface area contributed by atoms with Gasteiger partial charge in [-0.2, -0.15) is 16.8 Å². The lowest BCUT2D eigenvalue weighted by atomic mass is 10.1. The van der Waals surface area contributed by atoms with Gasteiger partial charge in [-0.3, -0.25) is 9.11 Å². The molecule has 4 aromatic rings. The minimum atomic E-state index is -4.64. The summed E-state index contributed by atoms with van der Waals surface area (Å²) in [7, 11) is -9.24. The Hall–Kier alpha value is -3.24. The molecule has 9 heteroatoms. The fourth-order valence-electron chi connectivity index (χ4n) is 3.47. The Bertz CT molecular complexity index is 1430. The van der Waals surface area contributed by atoms with Crippen molar-refractivity contribution < 1.29 is 25.9 Å². The van der Waals surface area contributed by atoms with Crippen molar-refractivity contribution in [3.63, 3.8) is 0 Å². The van der Waals surface area contributed by atoms with E-state index in [0.717, 1.165) is 6.07 Å². The molecule has 0 atom stereocenters. The van der Waals surface area contributed by atoms with Crippen LogP contribution in [0.15, 0.2) is 101 Å². The van der Waals surface area contributed by atoms with E-state index in [9.17, 15) is 25.9 Å². The zero-order chi connectivity index (χ0) is 22.2. The molecule has 0 aliphatic carbocycles. The van der Waals surface area contributed by atoms with Crippen molar-refractivity contribution in [2.24, 2.45) is 0 Å². The molecule has 0 saturated heterocycles. The lowest BCUT2D eigenvalue weighted by molar-refractivity contribution is 0.482.